The topological polar surface area (TPSA) is 46.5 Å². The lowest BCUT2D eigenvalue weighted by Crippen LogP contribution is -2.36. The average Bonchev–Trinajstić information content (AvgIpc) is 2.65. The number of hydrogen-bond donors (Lipinski definition) is 1. The molecule has 1 saturated heterocycles. The lowest BCUT2D eigenvalue weighted by atomic mass is 9.70. The lowest BCUT2D eigenvalue weighted by Gasteiger charge is -2.35. The Morgan fingerprint density at radius 2 is 2.00 bits per heavy atom. The third-order valence-corrected chi connectivity index (χ3v) is 4.20. The molecule has 0 spiro atoms. The first-order valence-corrected chi connectivity index (χ1v) is 6.51. The molecular formula is C13H22O3. The van der Waals surface area contributed by atoms with Crippen LogP contribution in [0.1, 0.15) is 58.3 Å². The number of carboxylic acids is 1. The van der Waals surface area contributed by atoms with E-state index >= 15 is 0 Å². The molecule has 16 heavy (non-hydrogen) atoms. The molecular weight excluding hydrogens is 204 g/mol. The molecule has 1 N–H and O–H groups in total. The first-order chi connectivity index (χ1) is 7.62. The Labute approximate surface area is 97.2 Å². The van der Waals surface area contributed by atoms with Gasteiger partial charge in [-0.2, -0.15) is 0 Å². The van der Waals surface area contributed by atoms with Crippen LogP contribution in [-0.4, -0.2) is 23.3 Å². The highest BCUT2D eigenvalue weighted by atomic mass is 16.5. The minimum atomic E-state index is -0.602. The third kappa shape index (κ3) is 2.40. The molecule has 1 aliphatic heterocycles. The molecule has 0 bridgehead atoms. The monoisotopic (exact) mass is 226 g/mol. The molecule has 0 aromatic carbocycles. The van der Waals surface area contributed by atoms with E-state index in [4.69, 9.17) is 4.74 Å². The largest absolute Gasteiger partial charge is 0.481 e. The third-order valence-electron chi connectivity index (χ3n) is 4.20. The Kier molecular flexibility index (Phi) is 3.53. The van der Waals surface area contributed by atoms with Crippen LogP contribution in [0.25, 0.3) is 0 Å². The Bertz CT molecular complexity index is 256. The van der Waals surface area contributed by atoms with E-state index in [0.29, 0.717) is 6.10 Å². The van der Waals surface area contributed by atoms with E-state index < -0.39 is 11.4 Å². The Hall–Kier alpha value is -0.570. The number of hydrogen-bond acceptors (Lipinski definition) is 2. The summed E-state index contributed by atoms with van der Waals surface area (Å²) in [5.74, 6) is -0.602. The van der Waals surface area contributed by atoms with Crippen molar-refractivity contribution >= 4 is 5.97 Å². The summed E-state index contributed by atoms with van der Waals surface area (Å²) in [6.45, 7) is 2.08. The van der Waals surface area contributed by atoms with Crippen LogP contribution >= 0.6 is 0 Å². The molecule has 1 aliphatic carbocycles. The second-order valence-corrected chi connectivity index (χ2v) is 5.50. The van der Waals surface area contributed by atoms with E-state index in [1.54, 1.807) is 0 Å². The van der Waals surface area contributed by atoms with Crippen molar-refractivity contribution in [1.82, 2.24) is 0 Å². The molecule has 0 aromatic rings. The van der Waals surface area contributed by atoms with Gasteiger partial charge in [-0.05, 0) is 39.0 Å². The van der Waals surface area contributed by atoms with Gasteiger partial charge in [-0.3, -0.25) is 4.79 Å². The Morgan fingerprint density at radius 3 is 2.50 bits per heavy atom. The summed E-state index contributed by atoms with van der Waals surface area (Å²) >= 11 is 0. The quantitative estimate of drug-likeness (QED) is 0.804. The van der Waals surface area contributed by atoms with Gasteiger partial charge in [0, 0.05) is 0 Å². The molecule has 3 nitrogen and oxygen atoms in total. The normalized spacial score (nSPS) is 33.8. The van der Waals surface area contributed by atoms with Gasteiger partial charge >= 0.3 is 5.97 Å². The van der Waals surface area contributed by atoms with Gasteiger partial charge in [0.15, 0.2) is 0 Å². The minimum Gasteiger partial charge on any atom is -0.481 e. The second-order valence-electron chi connectivity index (χ2n) is 5.50. The highest BCUT2D eigenvalue weighted by Gasteiger charge is 2.42. The number of rotatable bonds is 3. The first-order valence-electron chi connectivity index (χ1n) is 6.51. The van der Waals surface area contributed by atoms with Crippen molar-refractivity contribution in [3.8, 4) is 0 Å². The van der Waals surface area contributed by atoms with Crippen LogP contribution in [0.15, 0.2) is 0 Å². The molecule has 0 aromatic heterocycles. The zero-order valence-electron chi connectivity index (χ0n) is 10.1. The molecule has 2 aliphatic rings. The Balaban J connectivity index is 1.99. The van der Waals surface area contributed by atoms with Crippen LogP contribution in [-0.2, 0) is 9.53 Å². The van der Waals surface area contributed by atoms with E-state index in [-0.39, 0.29) is 6.10 Å². The van der Waals surface area contributed by atoms with Gasteiger partial charge in [0.2, 0.25) is 0 Å². The Morgan fingerprint density at radius 1 is 1.31 bits per heavy atom. The molecule has 2 fully saturated rings. The molecule has 92 valence electrons. The smallest absolute Gasteiger partial charge is 0.309 e. The maximum Gasteiger partial charge on any atom is 0.309 e. The van der Waals surface area contributed by atoms with Crippen molar-refractivity contribution < 1.29 is 14.6 Å². The van der Waals surface area contributed by atoms with E-state index in [0.717, 1.165) is 44.9 Å². The summed E-state index contributed by atoms with van der Waals surface area (Å²) in [5, 5.41) is 9.46. The molecule has 0 radical (unpaired) electrons. The predicted octanol–water partition coefficient (Wildman–Crippen LogP) is 2.98. The van der Waals surface area contributed by atoms with E-state index in [1.165, 1.54) is 6.42 Å². The molecule has 0 amide bonds. The average molecular weight is 226 g/mol. The lowest BCUT2D eigenvalue weighted by molar-refractivity contribution is -0.154. The summed E-state index contributed by atoms with van der Waals surface area (Å²) < 4.78 is 5.78. The number of carboxylic acid groups (broad SMARTS) is 1. The molecule has 2 unspecified atom stereocenters. The van der Waals surface area contributed by atoms with Crippen LogP contribution in [0.3, 0.4) is 0 Å². The standard InChI is InChI=1S/C13H22O3/c1-10-5-6-11(16-10)9-13(12(14)15)7-3-2-4-8-13/h10-11H,2-9H2,1H3,(H,14,15). The van der Waals surface area contributed by atoms with Gasteiger partial charge in [0.25, 0.3) is 0 Å². The highest BCUT2D eigenvalue weighted by Crippen LogP contribution is 2.42. The molecule has 2 atom stereocenters. The molecule has 2 rings (SSSR count). The molecule has 1 saturated carbocycles. The summed E-state index contributed by atoms with van der Waals surface area (Å²) in [7, 11) is 0. The van der Waals surface area contributed by atoms with Crippen LogP contribution in [0.4, 0.5) is 0 Å². The minimum absolute atomic E-state index is 0.184. The maximum atomic E-state index is 11.5. The fourth-order valence-corrected chi connectivity index (χ4v) is 3.21. The van der Waals surface area contributed by atoms with Gasteiger partial charge < -0.3 is 9.84 Å². The van der Waals surface area contributed by atoms with Crippen LogP contribution in [0.2, 0.25) is 0 Å². The SMILES string of the molecule is CC1CCC(CC2(C(=O)O)CCCCC2)O1. The zero-order chi connectivity index (χ0) is 11.6. The fraction of sp³-hybridized carbons (Fsp3) is 0.923. The van der Waals surface area contributed by atoms with Crippen LogP contribution in [0, 0.1) is 5.41 Å². The number of ether oxygens (including phenoxy) is 1. The van der Waals surface area contributed by atoms with Gasteiger partial charge in [0.05, 0.1) is 17.6 Å². The van der Waals surface area contributed by atoms with Crippen LogP contribution in [0.5, 0.6) is 0 Å². The first kappa shape index (κ1) is 11.9. The van der Waals surface area contributed by atoms with Crippen LogP contribution < -0.4 is 0 Å². The summed E-state index contributed by atoms with van der Waals surface area (Å²) in [4.78, 5) is 11.5. The van der Waals surface area contributed by atoms with E-state index in [9.17, 15) is 9.90 Å². The predicted molar refractivity (Wildman–Crippen MR) is 61.3 cm³/mol. The second kappa shape index (κ2) is 4.74. The van der Waals surface area contributed by atoms with Gasteiger partial charge in [-0.25, -0.2) is 0 Å². The molecule has 1 heterocycles. The van der Waals surface area contributed by atoms with Gasteiger partial charge in [0.1, 0.15) is 0 Å². The summed E-state index contributed by atoms with van der Waals surface area (Å²) in [6.07, 6.45) is 8.36. The number of aliphatic carboxylic acids is 1. The fourth-order valence-electron chi connectivity index (χ4n) is 3.21. The van der Waals surface area contributed by atoms with Crippen molar-refractivity contribution in [3.63, 3.8) is 0 Å². The van der Waals surface area contributed by atoms with Crippen molar-refractivity contribution in [2.24, 2.45) is 5.41 Å². The zero-order valence-corrected chi connectivity index (χ0v) is 10.1. The summed E-state index contributed by atoms with van der Waals surface area (Å²) in [6, 6.07) is 0. The van der Waals surface area contributed by atoms with Crippen molar-refractivity contribution in [2.45, 2.75) is 70.5 Å². The van der Waals surface area contributed by atoms with Gasteiger partial charge in [-0.15, -0.1) is 0 Å². The van der Waals surface area contributed by atoms with Crippen molar-refractivity contribution in [2.75, 3.05) is 0 Å². The van der Waals surface area contributed by atoms with E-state index in [1.807, 2.05) is 0 Å². The summed E-state index contributed by atoms with van der Waals surface area (Å²) in [5.41, 5.74) is -0.479. The maximum absolute atomic E-state index is 11.5. The van der Waals surface area contributed by atoms with E-state index in [2.05, 4.69) is 6.92 Å². The molecule has 3 heteroatoms. The van der Waals surface area contributed by atoms with Gasteiger partial charge in [-0.1, -0.05) is 19.3 Å². The number of carbonyl (C=O) groups is 1. The van der Waals surface area contributed by atoms with Crippen molar-refractivity contribution in [1.29, 1.82) is 0 Å². The highest BCUT2D eigenvalue weighted by molar-refractivity contribution is 5.74. The van der Waals surface area contributed by atoms with Crippen molar-refractivity contribution in [3.05, 3.63) is 0 Å².